The van der Waals surface area contributed by atoms with Gasteiger partial charge in [0.1, 0.15) is 5.60 Å². The molecular formula is C9H16BrNO2. The predicted molar refractivity (Wildman–Crippen MR) is 56.9 cm³/mol. The van der Waals surface area contributed by atoms with Crippen LogP contribution in [0.25, 0.3) is 0 Å². The van der Waals surface area contributed by atoms with Crippen molar-refractivity contribution < 1.29 is 9.53 Å². The van der Waals surface area contributed by atoms with E-state index < -0.39 is 5.60 Å². The van der Waals surface area contributed by atoms with E-state index in [4.69, 9.17) is 4.74 Å². The molecule has 1 amide bonds. The first-order valence-electron chi connectivity index (χ1n) is 4.18. The lowest BCUT2D eigenvalue weighted by Gasteiger charge is -2.19. The third-order valence-electron chi connectivity index (χ3n) is 1.07. The molecule has 3 nitrogen and oxygen atoms in total. The van der Waals surface area contributed by atoms with Crippen LogP contribution in [0.1, 0.15) is 27.2 Å². The second-order valence-corrected chi connectivity index (χ2v) is 4.11. The summed E-state index contributed by atoms with van der Waals surface area (Å²) in [6.45, 7) is 6.11. The van der Waals surface area contributed by atoms with E-state index in [0.717, 1.165) is 6.42 Å². The molecule has 0 spiro atoms. The van der Waals surface area contributed by atoms with Crippen LogP contribution in [0.3, 0.4) is 0 Å². The number of alkyl carbamates (subject to hydrolysis) is 1. The van der Waals surface area contributed by atoms with Crippen molar-refractivity contribution in [1.29, 1.82) is 0 Å². The van der Waals surface area contributed by atoms with Crippen LogP contribution in [0.5, 0.6) is 0 Å². The van der Waals surface area contributed by atoms with Crippen LogP contribution in [0.2, 0.25) is 0 Å². The average Bonchev–Trinajstić information content (AvgIpc) is 1.94. The Morgan fingerprint density at radius 1 is 1.54 bits per heavy atom. The fourth-order valence-corrected chi connectivity index (χ4v) is 0.899. The van der Waals surface area contributed by atoms with Crippen LogP contribution in [-0.4, -0.2) is 18.2 Å². The Balaban J connectivity index is 3.52. The van der Waals surface area contributed by atoms with Gasteiger partial charge in [0.05, 0.1) is 0 Å². The van der Waals surface area contributed by atoms with Crippen molar-refractivity contribution in [2.24, 2.45) is 0 Å². The minimum absolute atomic E-state index is 0.365. The fourth-order valence-electron chi connectivity index (χ4n) is 0.635. The Morgan fingerprint density at radius 3 is 2.62 bits per heavy atom. The van der Waals surface area contributed by atoms with Gasteiger partial charge in [-0.05, 0) is 32.2 Å². The molecule has 0 aromatic heterocycles. The van der Waals surface area contributed by atoms with E-state index in [-0.39, 0.29) is 6.09 Å². The van der Waals surface area contributed by atoms with Crippen molar-refractivity contribution in [3.8, 4) is 0 Å². The number of hydrogen-bond donors (Lipinski definition) is 1. The van der Waals surface area contributed by atoms with E-state index in [1.54, 1.807) is 4.99 Å². The SMILES string of the molecule is CC(C)(C)OC(=O)NCC/C=C/Br. The molecule has 0 aliphatic carbocycles. The lowest BCUT2D eigenvalue weighted by Crippen LogP contribution is -2.32. The Kier molecular flexibility index (Phi) is 5.79. The minimum atomic E-state index is -0.421. The number of halogens is 1. The third-order valence-corrected chi connectivity index (χ3v) is 1.44. The summed E-state index contributed by atoms with van der Waals surface area (Å²) < 4.78 is 5.03. The van der Waals surface area contributed by atoms with Gasteiger partial charge in [-0.3, -0.25) is 0 Å². The van der Waals surface area contributed by atoms with Gasteiger partial charge in [0.2, 0.25) is 0 Å². The lowest BCUT2D eigenvalue weighted by molar-refractivity contribution is 0.0529. The van der Waals surface area contributed by atoms with Crippen LogP contribution in [0.4, 0.5) is 4.79 Å². The summed E-state index contributed by atoms with van der Waals surface area (Å²) >= 11 is 3.14. The number of rotatable bonds is 3. The molecule has 4 heteroatoms. The second-order valence-electron chi connectivity index (χ2n) is 3.58. The van der Waals surface area contributed by atoms with Gasteiger partial charge in [0.25, 0.3) is 0 Å². The van der Waals surface area contributed by atoms with Crippen LogP contribution in [-0.2, 0) is 4.74 Å². The molecule has 0 fully saturated rings. The molecule has 13 heavy (non-hydrogen) atoms. The molecule has 0 aliphatic rings. The third kappa shape index (κ3) is 9.40. The largest absolute Gasteiger partial charge is 0.444 e. The first-order chi connectivity index (χ1) is 5.95. The van der Waals surface area contributed by atoms with E-state index in [9.17, 15) is 4.79 Å². The lowest BCUT2D eigenvalue weighted by atomic mass is 10.2. The first kappa shape index (κ1) is 12.5. The molecule has 0 atom stereocenters. The van der Waals surface area contributed by atoms with E-state index in [1.165, 1.54) is 0 Å². The first-order valence-corrected chi connectivity index (χ1v) is 5.09. The van der Waals surface area contributed by atoms with E-state index >= 15 is 0 Å². The van der Waals surface area contributed by atoms with Crippen LogP contribution in [0.15, 0.2) is 11.1 Å². The molecule has 0 aromatic rings. The highest BCUT2D eigenvalue weighted by molar-refractivity contribution is 9.11. The minimum Gasteiger partial charge on any atom is -0.444 e. The summed E-state index contributed by atoms with van der Waals surface area (Å²) in [7, 11) is 0. The number of carbonyl (C=O) groups excluding carboxylic acids is 1. The Morgan fingerprint density at radius 2 is 2.15 bits per heavy atom. The molecule has 0 heterocycles. The molecule has 76 valence electrons. The van der Waals surface area contributed by atoms with E-state index in [1.807, 2.05) is 26.8 Å². The molecule has 0 aliphatic heterocycles. The fraction of sp³-hybridized carbons (Fsp3) is 0.667. The van der Waals surface area contributed by atoms with Gasteiger partial charge in [-0.25, -0.2) is 4.79 Å². The summed E-state index contributed by atoms with van der Waals surface area (Å²) in [5.41, 5.74) is -0.421. The van der Waals surface area contributed by atoms with Crippen molar-refractivity contribution in [3.05, 3.63) is 11.1 Å². The molecule has 1 N–H and O–H groups in total. The van der Waals surface area contributed by atoms with Gasteiger partial charge in [-0.2, -0.15) is 0 Å². The Bertz CT molecular complexity index is 185. The number of nitrogens with one attached hydrogen (secondary N) is 1. The summed E-state index contributed by atoms with van der Waals surface area (Å²) in [4.78, 5) is 12.8. The van der Waals surface area contributed by atoms with Gasteiger partial charge >= 0.3 is 6.09 Å². The maximum atomic E-state index is 11.1. The quantitative estimate of drug-likeness (QED) is 0.782. The zero-order valence-electron chi connectivity index (χ0n) is 8.26. The number of amides is 1. The number of ether oxygens (including phenoxy) is 1. The molecule has 0 saturated carbocycles. The topological polar surface area (TPSA) is 38.3 Å². The van der Waals surface area contributed by atoms with Crippen LogP contribution in [0, 0.1) is 0 Å². The predicted octanol–water partition coefficient (Wildman–Crippen LogP) is 2.81. The second kappa shape index (κ2) is 6.02. The highest BCUT2D eigenvalue weighted by atomic mass is 79.9. The zero-order valence-corrected chi connectivity index (χ0v) is 9.85. The average molecular weight is 250 g/mol. The van der Waals surface area contributed by atoms with Crippen molar-refractivity contribution >= 4 is 22.0 Å². The highest BCUT2D eigenvalue weighted by Crippen LogP contribution is 2.06. The standard InChI is InChI=1S/C9H16BrNO2/c1-9(2,3)13-8(12)11-7-5-4-6-10/h4,6H,5,7H2,1-3H3,(H,11,12)/b6-4+. The van der Waals surface area contributed by atoms with Gasteiger partial charge in [-0.15, -0.1) is 0 Å². The molecule has 0 radical (unpaired) electrons. The Hall–Kier alpha value is -0.510. The van der Waals surface area contributed by atoms with Crippen molar-refractivity contribution in [2.75, 3.05) is 6.54 Å². The van der Waals surface area contributed by atoms with Crippen molar-refractivity contribution in [3.63, 3.8) is 0 Å². The van der Waals surface area contributed by atoms with Gasteiger partial charge in [0.15, 0.2) is 0 Å². The summed E-state index contributed by atoms with van der Waals surface area (Å²) in [6, 6.07) is 0. The number of hydrogen-bond acceptors (Lipinski definition) is 2. The molecule has 0 saturated heterocycles. The van der Waals surface area contributed by atoms with Crippen molar-refractivity contribution in [2.45, 2.75) is 32.8 Å². The maximum Gasteiger partial charge on any atom is 0.407 e. The van der Waals surface area contributed by atoms with Crippen molar-refractivity contribution in [1.82, 2.24) is 5.32 Å². The summed E-state index contributed by atoms with van der Waals surface area (Å²) in [5, 5.41) is 2.64. The van der Waals surface area contributed by atoms with Crippen LogP contribution < -0.4 is 5.32 Å². The van der Waals surface area contributed by atoms with E-state index in [2.05, 4.69) is 21.2 Å². The summed E-state index contributed by atoms with van der Waals surface area (Å²) in [5.74, 6) is 0. The van der Waals surface area contributed by atoms with E-state index in [0.29, 0.717) is 6.54 Å². The molecule has 0 bridgehead atoms. The highest BCUT2D eigenvalue weighted by Gasteiger charge is 2.14. The molecule has 0 unspecified atom stereocenters. The smallest absolute Gasteiger partial charge is 0.407 e. The van der Waals surface area contributed by atoms with Crippen LogP contribution >= 0.6 is 15.9 Å². The number of carbonyl (C=O) groups is 1. The molecular weight excluding hydrogens is 234 g/mol. The zero-order chi connectivity index (χ0) is 10.3. The normalized spacial score (nSPS) is 11.7. The summed E-state index contributed by atoms with van der Waals surface area (Å²) in [6.07, 6.45) is 2.34. The molecule has 0 rings (SSSR count). The van der Waals surface area contributed by atoms with Gasteiger partial charge < -0.3 is 10.1 Å². The molecule has 0 aromatic carbocycles. The maximum absolute atomic E-state index is 11.1. The van der Waals surface area contributed by atoms with Gasteiger partial charge in [0, 0.05) is 6.54 Å². The van der Waals surface area contributed by atoms with Gasteiger partial charge in [-0.1, -0.05) is 22.0 Å². The Labute approximate surface area is 87.7 Å². The monoisotopic (exact) mass is 249 g/mol.